The molecule has 0 bridgehead atoms. The van der Waals surface area contributed by atoms with Crippen molar-refractivity contribution >= 4 is 6.21 Å². The lowest BCUT2D eigenvalue weighted by Crippen LogP contribution is -1.84. The van der Waals surface area contributed by atoms with Crippen LogP contribution in [0.15, 0.2) is 35.3 Å². The Morgan fingerprint density at radius 3 is 2.64 bits per heavy atom. The molecule has 0 aromatic heterocycles. The van der Waals surface area contributed by atoms with E-state index in [1.807, 2.05) is 30.3 Å². The second-order valence-electron chi connectivity index (χ2n) is 2.13. The van der Waals surface area contributed by atoms with Crippen LogP contribution < -0.4 is 0 Å². The van der Waals surface area contributed by atoms with Crippen molar-refractivity contribution in [3.63, 3.8) is 0 Å². The predicted molar refractivity (Wildman–Crippen MR) is 44.9 cm³/mol. The summed E-state index contributed by atoms with van der Waals surface area (Å²) in [5.74, 6) is 0. The number of hydrogen-bond donors (Lipinski definition) is 0. The number of alkyl halides is 1. The van der Waals surface area contributed by atoms with Crippen LogP contribution in [0.5, 0.6) is 0 Å². The molecule has 0 atom stereocenters. The van der Waals surface area contributed by atoms with Crippen LogP contribution in [0.25, 0.3) is 0 Å². The molecule has 0 unspecified atom stereocenters. The van der Waals surface area contributed by atoms with Gasteiger partial charge in [0.15, 0.2) is 0 Å². The third-order valence-corrected chi connectivity index (χ3v) is 1.25. The van der Waals surface area contributed by atoms with Gasteiger partial charge in [-0.15, -0.1) is 0 Å². The standard InChI is InChI=1S/C9H10FN/c10-6-7-11-8-9-4-2-1-3-5-9/h1-5,8H,6-7H2. The predicted octanol–water partition coefficient (Wildman–Crippen LogP) is 2.08. The van der Waals surface area contributed by atoms with E-state index in [1.54, 1.807) is 6.21 Å². The second-order valence-corrected chi connectivity index (χ2v) is 2.13. The van der Waals surface area contributed by atoms with Crippen molar-refractivity contribution in [2.45, 2.75) is 0 Å². The summed E-state index contributed by atoms with van der Waals surface area (Å²) in [4.78, 5) is 3.86. The summed E-state index contributed by atoms with van der Waals surface area (Å²) in [5, 5.41) is 0. The van der Waals surface area contributed by atoms with Crippen LogP contribution in [0, 0.1) is 0 Å². The first kappa shape index (κ1) is 7.92. The molecule has 0 radical (unpaired) electrons. The van der Waals surface area contributed by atoms with Crippen LogP contribution in [-0.2, 0) is 0 Å². The Labute approximate surface area is 65.6 Å². The van der Waals surface area contributed by atoms with E-state index in [0.717, 1.165) is 5.56 Å². The maximum absolute atomic E-state index is 11.6. The Balaban J connectivity index is 2.50. The van der Waals surface area contributed by atoms with Crippen molar-refractivity contribution in [2.24, 2.45) is 4.99 Å². The molecule has 0 amide bonds. The van der Waals surface area contributed by atoms with Crippen LogP contribution >= 0.6 is 0 Å². The van der Waals surface area contributed by atoms with Gasteiger partial charge >= 0.3 is 0 Å². The zero-order valence-electron chi connectivity index (χ0n) is 6.20. The SMILES string of the molecule is FCCN=Cc1ccccc1. The van der Waals surface area contributed by atoms with Crippen molar-refractivity contribution < 1.29 is 4.39 Å². The van der Waals surface area contributed by atoms with Crippen LogP contribution in [0.2, 0.25) is 0 Å². The lowest BCUT2D eigenvalue weighted by molar-refractivity contribution is 0.505. The molecule has 58 valence electrons. The van der Waals surface area contributed by atoms with Gasteiger partial charge in [-0.1, -0.05) is 30.3 Å². The molecule has 0 saturated heterocycles. The lowest BCUT2D eigenvalue weighted by atomic mass is 10.2. The van der Waals surface area contributed by atoms with E-state index in [9.17, 15) is 4.39 Å². The molecule has 0 heterocycles. The minimum Gasteiger partial charge on any atom is -0.290 e. The fourth-order valence-corrected chi connectivity index (χ4v) is 0.758. The molecular formula is C9H10FN. The molecule has 1 nitrogen and oxygen atoms in total. The molecule has 1 aromatic rings. The number of aliphatic imine (C=N–C) groups is 1. The summed E-state index contributed by atoms with van der Waals surface area (Å²) >= 11 is 0. The summed E-state index contributed by atoms with van der Waals surface area (Å²) in [6, 6.07) is 9.66. The fraction of sp³-hybridized carbons (Fsp3) is 0.222. The smallest absolute Gasteiger partial charge is 0.109 e. The largest absolute Gasteiger partial charge is 0.290 e. The Kier molecular flexibility index (Phi) is 3.32. The van der Waals surface area contributed by atoms with Crippen molar-refractivity contribution in [3.8, 4) is 0 Å². The minimum absolute atomic E-state index is 0.259. The van der Waals surface area contributed by atoms with Gasteiger partial charge in [-0.25, -0.2) is 4.39 Å². The summed E-state index contributed by atoms with van der Waals surface area (Å²) in [6.07, 6.45) is 1.68. The highest BCUT2D eigenvalue weighted by Crippen LogP contribution is 1.93. The maximum atomic E-state index is 11.6. The third-order valence-electron chi connectivity index (χ3n) is 1.25. The highest BCUT2D eigenvalue weighted by Gasteiger charge is 1.82. The number of halogens is 1. The van der Waals surface area contributed by atoms with Crippen molar-refractivity contribution in [3.05, 3.63) is 35.9 Å². The van der Waals surface area contributed by atoms with Gasteiger partial charge in [0.25, 0.3) is 0 Å². The van der Waals surface area contributed by atoms with Gasteiger partial charge in [-0.05, 0) is 5.56 Å². The minimum atomic E-state index is -0.386. The first-order chi connectivity index (χ1) is 5.43. The first-order valence-electron chi connectivity index (χ1n) is 3.54. The van der Waals surface area contributed by atoms with Crippen molar-refractivity contribution in [1.82, 2.24) is 0 Å². The summed E-state index contributed by atoms with van der Waals surface area (Å²) in [5.41, 5.74) is 1.01. The van der Waals surface area contributed by atoms with Gasteiger partial charge in [0.05, 0.1) is 6.54 Å². The molecule has 0 spiro atoms. The van der Waals surface area contributed by atoms with Crippen LogP contribution in [0.3, 0.4) is 0 Å². The highest BCUT2D eigenvalue weighted by atomic mass is 19.1. The molecule has 11 heavy (non-hydrogen) atoms. The van der Waals surface area contributed by atoms with E-state index >= 15 is 0 Å². The molecule has 0 aliphatic heterocycles. The zero-order chi connectivity index (χ0) is 7.94. The molecule has 2 heteroatoms. The maximum Gasteiger partial charge on any atom is 0.109 e. The Bertz CT molecular complexity index is 218. The highest BCUT2D eigenvalue weighted by molar-refractivity contribution is 5.79. The van der Waals surface area contributed by atoms with E-state index in [1.165, 1.54) is 0 Å². The molecular weight excluding hydrogens is 141 g/mol. The van der Waals surface area contributed by atoms with Gasteiger partial charge < -0.3 is 0 Å². The van der Waals surface area contributed by atoms with Crippen LogP contribution in [0.4, 0.5) is 4.39 Å². The van der Waals surface area contributed by atoms with E-state index < -0.39 is 0 Å². The Hall–Kier alpha value is -1.18. The number of rotatable bonds is 3. The van der Waals surface area contributed by atoms with Gasteiger partial charge in [0, 0.05) is 6.21 Å². The Morgan fingerprint density at radius 1 is 1.27 bits per heavy atom. The van der Waals surface area contributed by atoms with E-state index in [0.29, 0.717) is 0 Å². The fourth-order valence-electron chi connectivity index (χ4n) is 0.758. The third kappa shape index (κ3) is 2.94. The van der Waals surface area contributed by atoms with Crippen LogP contribution in [0.1, 0.15) is 5.56 Å². The normalized spacial score (nSPS) is 10.6. The summed E-state index contributed by atoms with van der Waals surface area (Å²) < 4.78 is 11.6. The average molecular weight is 151 g/mol. The van der Waals surface area contributed by atoms with E-state index in [-0.39, 0.29) is 13.2 Å². The molecule has 1 rings (SSSR count). The second kappa shape index (κ2) is 4.61. The van der Waals surface area contributed by atoms with Crippen LogP contribution in [-0.4, -0.2) is 19.4 Å². The van der Waals surface area contributed by atoms with Gasteiger partial charge in [0.2, 0.25) is 0 Å². The summed E-state index contributed by atoms with van der Waals surface area (Å²) in [7, 11) is 0. The van der Waals surface area contributed by atoms with E-state index in [2.05, 4.69) is 4.99 Å². The van der Waals surface area contributed by atoms with E-state index in [4.69, 9.17) is 0 Å². The molecule has 0 aliphatic rings. The topological polar surface area (TPSA) is 12.4 Å². The molecule has 1 aromatic carbocycles. The van der Waals surface area contributed by atoms with Gasteiger partial charge in [-0.3, -0.25) is 4.99 Å². The number of hydrogen-bond acceptors (Lipinski definition) is 1. The Morgan fingerprint density at radius 2 is 2.00 bits per heavy atom. The monoisotopic (exact) mass is 151 g/mol. The lowest BCUT2D eigenvalue weighted by Gasteiger charge is -1.88. The van der Waals surface area contributed by atoms with Crippen molar-refractivity contribution in [2.75, 3.05) is 13.2 Å². The van der Waals surface area contributed by atoms with Crippen molar-refractivity contribution in [1.29, 1.82) is 0 Å². The molecule has 0 N–H and O–H groups in total. The number of nitrogens with zero attached hydrogens (tertiary/aromatic N) is 1. The van der Waals surface area contributed by atoms with Gasteiger partial charge in [-0.2, -0.15) is 0 Å². The molecule has 0 aliphatic carbocycles. The van der Waals surface area contributed by atoms with Gasteiger partial charge in [0.1, 0.15) is 6.67 Å². The molecule has 0 saturated carbocycles. The first-order valence-corrected chi connectivity index (χ1v) is 3.54. The number of benzene rings is 1. The molecule has 0 fully saturated rings. The summed E-state index contributed by atoms with van der Waals surface area (Å²) in [6.45, 7) is -0.127. The quantitative estimate of drug-likeness (QED) is 0.586. The zero-order valence-corrected chi connectivity index (χ0v) is 6.20. The average Bonchev–Trinajstić information content (AvgIpc) is 2.07.